The summed E-state index contributed by atoms with van der Waals surface area (Å²) >= 11 is 0. The van der Waals surface area contributed by atoms with Crippen LogP contribution >= 0.6 is 0 Å². The summed E-state index contributed by atoms with van der Waals surface area (Å²) in [6.45, 7) is -2.39. The van der Waals surface area contributed by atoms with Gasteiger partial charge in [0.1, 0.15) is 17.0 Å². The van der Waals surface area contributed by atoms with Gasteiger partial charge < -0.3 is 10.1 Å². The van der Waals surface area contributed by atoms with Crippen LogP contribution in [0.15, 0.2) is 53.9 Å². The van der Waals surface area contributed by atoms with E-state index in [1.54, 1.807) is 19.3 Å². The van der Waals surface area contributed by atoms with Gasteiger partial charge in [-0.15, -0.1) is 0 Å². The number of sulfonamides is 1. The average molecular weight is 503 g/mol. The molecule has 0 radical (unpaired) electrons. The summed E-state index contributed by atoms with van der Waals surface area (Å²) in [5.41, 5.74) is 0.700. The molecule has 0 unspecified atom stereocenters. The van der Waals surface area contributed by atoms with E-state index in [0.717, 1.165) is 12.5 Å². The van der Waals surface area contributed by atoms with Crippen LogP contribution in [-0.4, -0.2) is 62.7 Å². The molecule has 0 atom stereocenters. The van der Waals surface area contributed by atoms with Gasteiger partial charge in [0.25, 0.3) is 5.91 Å². The van der Waals surface area contributed by atoms with E-state index in [2.05, 4.69) is 25.2 Å². The highest BCUT2D eigenvalue weighted by Crippen LogP contribution is 2.37. The molecule has 1 saturated heterocycles. The number of halogens is 2. The van der Waals surface area contributed by atoms with Crippen LogP contribution in [0.1, 0.15) is 16.8 Å². The number of carbonyl (C=O) groups excluding carboxylic acids is 1. The number of aryl methyl sites for hydroxylation is 1. The minimum atomic E-state index is -3.82. The fraction of sp³-hybridized carbons (Fsp3) is 0.238. The van der Waals surface area contributed by atoms with Crippen LogP contribution in [0, 0.1) is 0 Å². The monoisotopic (exact) mass is 503 g/mol. The quantitative estimate of drug-likeness (QED) is 0.411. The SMILES string of the molecule is Cn1cc(NC(=O)c2cnn3cccnc23)c(-c2cc(S(=O)(=O)N3CCC3)ccc2OC(F)F)n1. The van der Waals surface area contributed by atoms with Crippen LogP contribution < -0.4 is 10.1 Å². The minimum Gasteiger partial charge on any atom is -0.434 e. The third-order valence-corrected chi connectivity index (χ3v) is 7.37. The van der Waals surface area contributed by atoms with Crippen molar-refractivity contribution in [3.8, 4) is 17.0 Å². The maximum atomic E-state index is 13.1. The lowest BCUT2D eigenvalue weighted by molar-refractivity contribution is -0.0494. The molecule has 0 bridgehead atoms. The normalized spacial score (nSPS) is 14.3. The molecule has 3 aromatic heterocycles. The Balaban J connectivity index is 1.56. The van der Waals surface area contributed by atoms with Gasteiger partial charge in [-0.1, -0.05) is 0 Å². The van der Waals surface area contributed by atoms with Gasteiger partial charge in [0.15, 0.2) is 5.65 Å². The van der Waals surface area contributed by atoms with Crippen molar-refractivity contribution in [2.75, 3.05) is 18.4 Å². The number of fused-ring (bicyclic) bond motifs is 1. The molecule has 1 aromatic carbocycles. The van der Waals surface area contributed by atoms with E-state index in [9.17, 15) is 22.0 Å². The number of ether oxygens (including phenoxy) is 1. The number of aromatic nitrogens is 5. The molecule has 1 N–H and O–H groups in total. The molecule has 11 nitrogen and oxygen atoms in total. The van der Waals surface area contributed by atoms with E-state index in [-0.39, 0.29) is 33.2 Å². The Morgan fingerprint density at radius 3 is 2.77 bits per heavy atom. The molecule has 1 aliphatic rings. The molecule has 0 saturated carbocycles. The standard InChI is InChI=1S/C21H19F2N7O4S/c1-28-12-16(26-20(31)15-11-25-30-9-2-6-24-19(15)30)18(27-28)14-10-13(4-5-17(14)34-21(22)23)35(32,33)29-7-3-8-29/h2,4-6,9-12,21H,3,7-8H2,1H3,(H,26,31). The third-order valence-electron chi connectivity index (χ3n) is 5.48. The van der Waals surface area contributed by atoms with Crippen molar-refractivity contribution in [3.05, 3.63) is 54.6 Å². The first kappa shape index (κ1) is 22.9. The average Bonchev–Trinajstić information content (AvgIpc) is 3.35. The lowest BCUT2D eigenvalue weighted by Crippen LogP contribution is -2.41. The van der Waals surface area contributed by atoms with Crippen molar-refractivity contribution < 1.29 is 26.7 Å². The van der Waals surface area contributed by atoms with E-state index < -0.39 is 22.5 Å². The van der Waals surface area contributed by atoms with Crippen molar-refractivity contribution in [3.63, 3.8) is 0 Å². The summed E-state index contributed by atoms with van der Waals surface area (Å²) < 4.78 is 60.8. The Kier molecular flexibility index (Phi) is 5.68. The van der Waals surface area contributed by atoms with Gasteiger partial charge in [-0.25, -0.2) is 17.9 Å². The van der Waals surface area contributed by atoms with Crippen molar-refractivity contribution in [1.82, 2.24) is 28.7 Å². The summed E-state index contributed by atoms with van der Waals surface area (Å²) in [7, 11) is -2.24. The molecule has 1 aliphatic heterocycles. The molecule has 5 rings (SSSR count). The van der Waals surface area contributed by atoms with Crippen molar-refractivity contribution >= 4 is 27.3 Å². The van der Waals surface area contributed by atoms with Gasteiger partial charge >= 0.3 is 6.61 Å². The molecule has 1 fully saturated rings. The number of alkyl halides is 2. The first-order valence-corrected chi connectivity index (χ1v) is 11.9. The second kappa shape index (κ2) is 8.70. The number of hydrogen-bond donors (Lipinski definition) is 1. The Morgan fingerprint density at radius 2 is 2.06 bits per heavy atom. The van der Waals surface area contributed by atoms with Gasteiger partial charge in [-0.3, -0.25) is 9.48 Å². The van der Waals surface area contributed by atoms with Crippen LogP contribution in [0.3, 0.4) is 0 Å². The van der Waals surface area contributed by atoms with Crippen LogP contribution in [0.2, 0.25) is 0 Å². The second-order valence-corrected chi connectivity index (χ2v) is 9.70. The predicted octanol–water partition coefficient (Wildman–Crippen LogP) is 2.38. The fourth-order valence-corrected chi connectivity index (χ4v) is 5.23. The highest BCUT2D eigenvalue weighted by molar-refractivity contribution is 7.89. The van der Waals surface area contributed by atoms with Crippen molar-refractivity contribution in [2.24, 2.45) is 7.05 Å². The van der Waals surface area contributed by atoms with Crippen LogP contribution in [0.5, 0.6) is 5.75 Å². The van der Waals surface area contributed by atoms with E-state index in [0.29, 0.717) is 18.7 Å². The van der Waals surface area contributed by atoms with Gasteiger partial charge in [-0.2, -0.15) is 23.3 Å². The third kappa shape index (κ3) is 4.21. The van der Waals surface area contributed by atoms with E-state index in [1.165, 1.54) is 44.2 Å². The van der Waals surface area contributed by atoms with Crippen LogP contribution in [0.4, 0.5) is 14.5 Å². The molecule has 0 spiro atoms. The van der Waals surface area contributed by atoms with Crippen molar-refractivity contribution in [2.45, 2.75) is 17.9 Å². The summed E-state index contributed by atoms with van der Waals surface area (Å²) in [5.74, 6) is -0.844. The molecule has 1 amide bonds. The summed E-state index contributed by atoms with van der Waals surface area (Å²) in [4.78, 5) is 17.1. The largest absolute Gasteiger partial charge is 0.434 e. The Labute approximate surface area is 198 Å². The first-order valence-electron chi connectivity index (χ1n) is 10.5. The highest BCUT2D eigenvalue weighted by Gasteiger charge is 2.31. The van der Waals surface area contributed by atoms with Gasteiger partial charge in [0.05, 0.1) is 16.8 Å². The lowest BCUT2D eigenvalue weighted by Gasteiger charge is -2.29. The molecule has 182 valence electrons. The van der Waals surface area contributed by atoms with Crippen LogP contribution in [-0.2, 0) is 17.1 Å². The number of amides is 1. The zero-order valence-corrected chi connectivity index (χ0v) is 19.1. The summed E-state index contributed by atoms with van der Waals surface area (Å²) in [6.07, 6.45) is 6.70. The number of nitrogens with one attached hydrogen (secondary N) is 1. The molecule has 4 heterocycles. The minimum absolute atomic E-state index is 0.0132. The second-order valence-electron chi connectivity index (χ2n) is 7.76. The van der Waals surface area contributed by atoms with E-state index in [4.69, 9.17) is 0 Å². The Bertz CT molecular complexity index is 1530. The van der Waals surface area contributed by atoms with E-state index >= 15 is 0 Å². The van der Waals surface area contributed by atoms with Gasteiger partial charge in [0.2, 0.25) is 10.0 Å². The molecular formula is C21H19F2N7O4S. The predicted molar refractivity (Wildman–Crippen MR) is 120 cm³/mol. The van der Waals surface area contributed by atoms with Crippen molar-refractivity contribution in [1.29, 1.82) is 0 Å². The van der Waals surface area contributed by atoms with Gasteiger partial charge in [-0.05, 0) is 30.7 Å². The maximum Gasteiger partial charge on any atom is 0.387 e. The summed E-state index contributed by atoms with van der Waals surface area (Å²) in [6, 6.07) is 5.25. The number of anilines is 1. The zero-order chi connectivity index (χ0) is 24.7. The Morgan fingerprint density at radius 1 is 1.26 bits per heavy atom. The number of nitrogens with zero attached hydrogens (tertiary/aromatic N) is 6. The van der Waals surface area contributed by atoms with E-state index in [1.807, 2.05) is 0 Å². The number of benzene rings is 1. The molecule has 0 aliphatic carbocycles. The lowest BCUT2D eigenvalue weighted by atomic mass is 10.1. The maximum absolute atomic E-state index is 13.1. The number of hydrogen-bond acceptors (Lipinski definition) is 7. The first-order chi connectivity index (χ1) is 16.7. The summed E-state index contributed by atoms with van der Waals surface area (Å²) in [5, 5.41) is 11.1. The fourth-order valence-electron chi connectivity index (χ4n) is 3.69. The zero-order valence-electron chi connectivity index (χ0n) is 18.3. The number of rotatable bonds is 7. The molecule has 4 aromatic rings. The van der Waals surface area contributed by atoms with Crippen LogP contribution in [0.25, 0.3) is 16.9 Å². The molecular weight excluding hydrogens is 484 g/mol. The Hall–Kier alpha value is -3.91. The number of carbonyl (C=O) groups is 1. The highest BCUT2D eigenvalue weighted by atomic mass is 32.2. The molecule has 14 heteroatoms. The van der Waals surface area contributed by atoms with Gasteiger partial charge in [0, 0.05) is 44.3 Å². The smallest absolute Gasteiger partial charge is 0.387 e. The molecule has 35 heavy (non-hydrogen) atoms. The topological polar surface area (TPSA) is 124 Å².